The molecule has 0 fully saturated rings. The molecule has 4 nitrogen and oxygen atoms in total. The van der Waals surface area contributed by atoms with E-state index < -0.39 is 0 Å². The highest BCUT2D eigenvalue weighted by Crippen LogP contribution is 2.40. The molecular formula is C28H25NO3. The average molecular weight is 424 g/mol. The van der Waals surface area contributed by atoms with Crippen LogP contribution in [0.15, 0.2) is 72.6 Å². The van der Waals surface area contributed by atoms with Crippen LogP contribution < -0.4 is 9.47 Å². The molecule has 4 aromatic rings. The molecule has 160 valence electrons. The number of para-hydroxylation sites is 1. The number of Topliss-reactive ketones (excluding diaryl/α,β-unsaturated/α-hetero) is 1. The standard InChI is InChI=1S/C28H25NO3/c1-4-29-16-21(22-7-5-6-8-24(22)29)15-26-27(30)23-13-14-25(19(3)28(23)32-26)31-17-20-11-9-18(2)10-12-20/h5-16H,4,17H2,1-3H3. The molecule has 1 aliphatic heterocycles. The van der Waals surface area contributed by atoms with E-state index >= 15 is 0 Å². The Morgan fingerprint density at radius 1 is 1.00 bits per heavy atom. The van der Waals surface area contributed by atoms with Gasteiger partial charge in [0.1, 0.15) is 18.1 Å². The van der Waals surface area contributed by atoms with Gasteiger partial charge in [-0.15, -0.1) is 0 Å². The monoisotopic (exact) mass is 423 g/mol. The number of hydrogen-bond acceptors (Lipinski definition) is 3. The van der Waals surface area contributed by atoms with Crippen molar-refractivity contribution in [2.45, 2.75) is 33.9 Å². The van der Waals surface area contributed by atoms with Crippen molar-refractivity contribution in [3.8, 4) is 11.5 Å². The zero-order valence-electron chi connectivity index (χ0n) is 18.5. The molecule has 1 aliphatic rings. The molecule has 5 rings (SSSR count). The van der Waals surface area contributed by atoms with Gasteiger partial charge in [-0.25, -0.2) is 0 Å². The predicted octanol–water partition coefficient (Wildman–Crippen LogP) is 6.47. The number of hydrogen-bond donors (Lipinski definition) is 0. The third-order valence-electron chi connectivity index (χ3n) is 6.00. The molecule has 4 heteroatoms. The van der Waals surface area contributed by atoms with E-state index in [0.717, 1.165) is 39.9 Å². The number of nitrogens with zero attached hydrogens (tertiary/aromatic N) is 1. The Morgan fingerprint density at radius 2 is 1.78 bits per heavy atom. The summed E-state index contributed by atoms with van der Waals surface area (Å²) in [7, 11) is 0. The van der Waals surface area contributed by atoms with Crippen LogP contribution in [0, 0.1) is 13.8 Å². The third kappa shape index (κ3) is 3.48. The van der Waals surface area contributed by atoms with E-state index in [1.807, 2.05) is 31.2 Å². The maximum atomic E-state index is 13.0. The van der Waals surface area contributed by atoms with E-state index in [2.05, 4.69) is 61.0 Å². The summed E-state index contributed by atoms with van der Waals surface area (Å²) in [6, 6.07) is 20.1. The first kappa shape index (κ1) is 20.1. The molecule has 1 aromatic heterocycles. The van der Waals surface area contributed by atoms with Crippen LogP contribution >= 0.6 is 0 Å². The van der Waals surface area contributed by atoms with Gasteiger partial charge in [-0.3, -0.25) is 4.79 Å². The lowest BCUT2D eigenvalue weighted by Crippen LogP contribution is -1.98. The van der Waals surface area contributed by atoms with Gasteiger partial charge in [0.05, 0.1) is 5.56 Å². The van der Waals surface area contributed by atoms with Crippen LogP contribution in [-0.2, 0) is 13.2 Å². The second-order valence-corrected chi connectivity index (χ2v) is 8.17. The number of carbonyl (C=O) groups excluding carboxylic acids is 1. The highest BCUT2D eigenvalue weighted by Gasteiger charge is 2.30. The number of ketones is 1. The Hall–Kier alpha value is -3.79. The largest absolute Gasteiger partial charge is 0.488 e. The Bertz CT molecular complexity index is 1360. The third-order valence-corrected chi connectivity index (χ3v) is 6.00. The Morgan fingerprint density at radius 3 is 2.56 bits per heavy atom. The molecule has 32 heavy (non-hydrogen) atoms. The highest BCUT2D eigenvalue weighted by atomic mass is 16.5. The Labute approximate surface area is 187 Å². The first-order valence-electron chi connectivity index (χ1n) is 10.9. The number of aromatic nitrogens is 1. The number of allylic oxidation sites excluding steroid dienone is 1. The van der Waals surface area contributed by atoms with Crippen LogP contribution in [-0.4, -0.2) is 10.4 Å². The second kappa shape index (κ2) is 8.04. The topological polar surface area (TPSA) is 40.5 Å². The molecule has 0 saturated heterocycles. The van der Waals surface area contributed by atoms with Gasteiger partial charge in [-0.05, 0) is 50.6 Å². The number of carbonyl (C=O) groups is 1. The van der Waals surface area contributed by atoms with Crippen LogP contribution in [0.2, 0.25) is 0 Å². The van der Waals surface area contributed by atoms with Crippen molar-refractivity contribution in [3.63, 3.8) is 0 Å². The maximum Gasteiger partial charge on any atom is 0.231 e. The van der Waals surface area contributed by atoms with E-state index in [4.69, 9.17) is 9.47 Å². The van der Waals surface area contributed by atoms with Crippen molar-refractivity contribution < 1.29 is 14.3 Å². The minimum atomic E-state index is -0.0958. The summed E-state index contributed by atoms with van der Waals surface area (Å²) in [5.74, 6) is 1.56. The minimum absolute atomic E-state index is 0.0958. The molecule has 0 N–H and O–H groups in total. The molecule has 0 aliphatic carbocycles. The van der Waals surface area contributed by atoms with E-state index in [1.54, 1.807) is 6.07 Å². The number of rotatable bonds is 5. The summed E-state index contributed by atoms with van der Waals surface area (Å²) in [5, 5.41) is 1.10. The average Bonchev–Trinajstić information content (AvgIpc) is 3.33. The first-order valence-corrected chi connectivity index (χ1v) is 10.9. The molecular weight excluding hydrogens is 398 g/mol. The molecule has 0 saturated carbocycles. The fraction of sp³-hybridized carbons (Fsp3) is 0.179. The molecule has 0 atom stereocenters. The van der Waals surface area contributed by atoms with E-state index in [9.17, 15) is 4.79 Å². The zero-order valence-corrected chi connectivity index (χ0v) is 18.5. The molecule has 0 amide bonds. The maximum absolute atomic E-state index is 13.0. The van der Waals surface area contributed by atoms with Gasteiger partial charge in [-0.1, -0.05) is 48.0 Å². The van der Waals surface area contributed by atoms with Gasteiger partial charge in [0, 0.05) is 34.8 Å². The lowest BCUT2D eigenvalue weighted by Gasteiger charge is -2.11. The summed E-state index contributed by atoms with van der Waals surface area (Å²) in [5.41, 5.74) is 5.86. The molecule has 0 radical (unpaired) electrons. The smallest absolute Gasteiger partial charge is 0.231 e. The number of benzene rings is 3. The summed E-state index contributed by atoms with van der Waals surface area (Å²) >= 11 is 0. The molecule has 0 spiro atoms. The molecule has 0 bridgehead atoms. The van der Waals surface area contributed by atoms with Crippen LogP contribution in [0.4, 0.5) is 0 Å². The Kier molecular flexibility index (Phi) is 5.06. The van der Waals surface area contributed by atoms with E-state index in [-0.39, 0.29) is 5.78 Å². The predicted molar refractivity (Wildman–Crippen MR) is 127 cm³/mol. The van der Waals surface area contributed by atoms with E-state index in [1.165, 1.54) is 5.56 Å². The Balaban J connectivity index is 1.43. The fourth-order valence-corrected chi connectivity index (χ4v) is 4.16. The molecule has 2 heterocycles. The summed E-state index contributed by atoms with van der Waals surface area (Å²) in [4.78, 5) is 13.0. The quantitative estimate of drug-likeness (QED) is 0.345. The van der Waals surface area contributed by atoms with Crippen LogP contribution in [0.25, 0.3) is 17.0 Å². The molecule has 3 aromatic carbocycles. The van der Waals surface area contributed by atoms with Gasteiger partial charge in [0.15, 0.2) is 5.76 Å². The summed E-state index contributed by atoms with van der Waals surface area (Å²) in [6.45, 7) is 7.43. The van der Waals surface area contributed by atoms with Crippen LogP contribution in [0.5, 0.6) is 11.5 Å². The highest BCUT2D eigenvalue weighted by molar-refractivity contribution is 6.15. The zero-order chi connectivity index (χ0) is 22.2. The van der Waals surface area contributed by atoms with Gasteiger partial charge in [0.2, 0.25) is 5.78 Å². The normalized spacial score (nSPS) is 14.1. The SMILES string of the molecule is CCn1cc(C=C2Oc3c(ccc(OCc4ccc(C)cc4)c3C)C2=O)c2ccccc21. The fourth-order valence-electron chi connectivity index (χ4n) is 4.16. The van der Waals surface area contributed by atoms with Gasteiger partial charge < -0.3 is 14.0 Å². The summed E-state index contributed by atoms with van der Waals surface area (Å²) in [6.07, 6.45) is 3.92. The minimum Gasteiger partial charge on any atom is -0.488 e. The van der Waals surface area contributed by atoms with Crippen molar-refractivity contribution in [1.29, 1.82) is 0 Å². The second-order valence-electron chi connectivity index (χ2n) is 8.17. The van der Waals surface area contributed by atoms with Crippen LogP contribution in [0.1, 0.15) is 39.5 Å². The first-order chi connectivity index (χ1) is 15.5. The number of fused-ring (bicyclic) bond motifs is 2. The number of aryl methyl sites for hydroxylation is 2. The van der Waals surface area contributed by atoms with Crippen molar-refractivity contribution >= 4 is 22.8 Å². The van der Waals surface area contributed by atoms with Crippen molar-refractivity contribution in [2.24, 2.45) is 0 Å². The summed E-state index contributed by atoms with van der Waals surface area (Å²) < 4.78 is 14.3. The lowest BCUT2D eigenvalue weighted by molar-refractivity contribution is 0.101. The van der Waals surface area contributed by atoms with E-state index in [0.29, 0.717) is 23.7 Å². The van der Waals surface area contributed by atoms with Crippen molar-refractivity contribution in [3.05, 3.63) is 100 Å². The number of ether oxygens (including phenoxy) is 2. The van der Waals surface area contributed by atoms with Crippen LogP contribution in [0.3, 0.4) is 0 Å². The van der Waals surface area contributed by atoms with Gasteiger partial charge >= 0.3 is 0 Å². The van der Waals surface area contributed by atoms with Gasteiger partial charge in [-0.2, -0.15) is 0 Å². The van der Waals surface area contributed by atoms with Crippen molar-refractivity contribution in [2.75, 3.05) is 0 Å². The van der Waals surface area contributed by atoms with Gasteiger partial charge in [0.25, 0.3) is 0 Å². The molecule has 0 unspecified atom stereocenters. The van der Waals surface area contributed by atoms with Crippen molar-refractivity contribution in [1.82, 2.24) is 4.57 Å². The lowest BCUT2D eigenvalue weighted by atomic mass is 10.1.